The van der Waals surface area contributed by atoms with Gasteiger partial charge in [0.1, 0.15) is 12.1 Å². The number of nitrogens with one attached hydrogen (secondary N) is 1. The van der Waals surface area contributed by atoms with Crippen LogP contribution in [0.3, 0.4) is 0 Å². The zero-order valence-electron chi connectivity index (χ0n) is 17.8. The highest BCUT2D eigenvalue weighted by Gasteiger charge is 2.40. The van der Waals surface area contributed by atoms with Crippen LogP contribution in [0, 0.1) is 0 Å². The minimum Gasteiger partial charge on any atom is -0.339 e. The molecule has 0 aliphatic carbocycles. The van der Waals surface area contributed by atoms with E-state index in [1.54, 1.807) is 42.2 Å². The minimum absolute atomic E-state index is 0.0493. The van der Waals surface area contributed by atoms with E-state index in [9.17, 15) is 18.0 Å². The quantitative estimate of drug-likeness (QED) is 0.679. The molecule has 3 N–H and O–H groups in total. The first kappa shape index (κ1) is 23.0. The van der Waals surface area contributed by atoms with Gasteiger partial charge < -0.3 is 15.5 Å². The van der Waals surface area contributed by atoms with E-state index in [0.717, 1.165) is 23.6 Å². The number of halogens is 1. The highest BCUT2D eigenvalue weighted by atomic mass is 35.5. The van der Waals surface area contributed by atoms with Crippen LogP contribution in [0.5, 0.6) is 0 Å². The van der Waals surface area contributed by atoms with Gasteiger partial charge in [0.15, 0.2) is 0 Å². The number of sulfonamides is 1. The predicted molar refractivity (Wildman–Crippen MR) is 123 cm³/mol. The van der Waals surface area contributed by atoms with Crippen molar-refractivity contribution < 1.29 is 18.0 Å². The normalized spacial score (nSPS) is 23.0. The Kier molecular flexibility index (Phi) is 6.44. The summed E-state index contributed by atoms with van der Waals surface area (Å²) in [6.45, 7) is 3.11. The van der Waals surface area contributed by atoms with Gasteiger partial charge in [-0.1, -0.05) is 23.7 Å². The van der Waals surface area contributed by atoms with Crippen LogP contribution >= 0.6 is 11.6 Å². The van der Waals surface area contributed by atoms with Crippen molar-refractivity contribution in [3.63, 3.8) is 0 Å². The zero-order valence-corrected chi connectivity index (χ0v) is 19.4. The van der Waals surface area contributed by atoms with Gasteiger partial charge in [0.2, 0.25) is 21.8 Å². The smallest absolute Gasteiger partial charge is 0.245 e. The van der Waals surface area contributed by atoms with Crippen LogP contribution in [0.1, 0.15) is 26.2 Å². The van der Waals surface area contributed by atoms with E-state index in [4.69, 9.17) is 17.3 Å². The first-order valence-corrected chi connectivity index (χ1v) is 12.6. The lowest BCUT2D eigenvalue weighted by atomic mass is 10.1. The molecule has 10 heteroatoms. The Balaban J connectivity index is 1.45. The average Bonchev–Trinajstić information content (AvgIpc) is 3.11. The summed E-state index contributed by atoms with van der Waals surface area (Å²) in [6.07, 6.45) is 2.03. The van der Waals surface area contributed by atoms with E-state index in [0.29, 0.717) is 31.1 Å². The van der Waals surface area contributed by atoms with Crippen molar-refractivity contribution in [2.45, 2.75) is 49.2 Å². The van der Waals surface area contributed by atoms with Crippen molar-refractivity contribution in [1.82, 2.24) is 14.5 Å². The third kappa shape index (κ3) is 4.61. The SMILES string of the molecule is C[C@@H](C(=O)N1CCCC(N)C1)N1CCC(NS(=O)(=O)c2ccc3cc(Cl)ccc3c2)C1=O. The molecular weight excluding hydrogens is 452 g/mol. The van der Waals surface area contributed by atoms with Crippen LogP contribution in [0.4, 0.5) is 0 Å². The Morgan fingerprint density at radius 3 is 2.62 bits per heavy atom. The molecule has 4 rings (SSSR count). The molecular formula is C22H27ClN4O4S. The molecule has 2 aliphatic rings. The molecule has 2 aromatic carbocycles. The monoisotopic (exact) mass is 478 g/mol. The second kappa shape index (κ2) is 8.97. The van der Waals surface area contributed by atoms with Crippen molar-refractivity contribution in [2.24, 2.45) is 5.73 Å². The average molecular weight is 479 g/mol. The van der Waals surface area contributed by atoms with Crippen LogP contribution in [-0.4, -0.2) is 67.8 Å². The van der Waals surface area contributed by atoms with E-state index in [1.165, 1.54) is 11.0 Å². The summed E-state index contributed by atoms with van der Waals surface area (Å²) in [5.74, 6) is -0.534. The third-order valence-corrected chi connectivity index (χ3v) is 7.92. The summed E-state index contributed by atoms with van der Waals surface area (Å²) in [4.78, 5) is 29.0. The Labute approximate surface area is 192 Å². The maximum atomic E-state index is 12.9. The summed E-state index contributed by atoms with van der Waals surface area (Å²) in [5.41, 5.74) is 5.97. The molecule has 2 fully saturated rings. The van der Waals surface area contributed by atoms with E-state index in [2.05, 4.69) is 4.72 Å². The number of nitrogens with two attached hydrogens (primary N) is 1. The fourth-order valence-corrected chi connectivity index (χ4v) is 5.86. The number of benzene rings is 2. The standard InChI is InChI=1S/C22H27ClN4O4S/c1-14(21(28)26-9-2-3-18(24)13-26)27-10-8-20(22(27)29)25-32(30,31)19-7-5-15-11-17(23)6-4-16(15)12-19/h4-7,11-12,14,18,20,25H,2-3,8-10,13,24H2,1H3/t14-,18?,20?/m0/s1. The molecule has 8 nitrogen and oxygen atoms in total. The third-order valence-electron chi connectivity index (χ3n) is 6.22. The maximum absolute atomic E-state index is 12.9. The Bertz CT molecular complexity index is 1160. The Morgan fingerprint density at radius 2 is 1.88 bits per heavy atom. The van der Waals surface area contributed by atoms with Crippen LogP contribution < -0.4 is 10.5 Å². The fraction of sp³-hybridized carbons (Fsp3) is 0.455. The van der Waals surface area contributed by atoms with Crippen molar-refractivity contribution in [3.8, 4) is 0 Å². The van der Waals surface area contributed by atoms with Crippen molar-refractivity contribution in [3.05, 3.63) is 41.4 Å². The van der Waals surface area contributed by atoms with Gasteiger partial charge in [0.05, 0.1) is 4.90 Å². The molecule has 0 bridgehead atoms. The number of piperidine rings is 1. The molecule has 2 amide bonds. The van der Waals surface area contributed by atoms with Gasteiger partial charge in [-0.2, -0.15) is 4.72 Å². The van der Waals surface area contributed by atoms with Crippen LogP contribution in [0.15, 0.2) is 41.3 Å². The molecule has 172 valence electrons. The van der Waals surface area contributed by atoms with Gasteiger partial charge in [-0.15, -0.1) is 0 Å². The summed E-state index contributed by atoms with van der Waals surface area (Å²) in [5, 5.41) is 2.12. The minimum atomic E-state index is -3.92. The predicted octanol–water partition coefficient (Wildman–Crippen LogP) is 1.71. The fourth-order valence-electron chi connectivity index (χ4n) is 4.42. The van der Waals surface area contributed by atoms with Gasteiger partial charge in [0.25, 0.3) is 0 Å². The number of carbonyl (C=O) groups excluding carboxylic acids is 2. The van der Waals surface area contributed by atoms with Gasteiger partial charge in [-0.05, 0) is 61.2 Å². The Morgan fingerprint density at radius 1 is 1.16 bits per heavy atom. The number of amides is 2. The first-order chi connectivity index (χ1) is 15.2. The largest absolute Gasteiger partial charge is 0.339 e. The number of likely N-dealkylation sites (tertiary alicyclic amines) is 2. The zero-order chi connectivity index (χ0) is 23.0. The topological polar surface area (TPSA) is 113 Å². The molecule has 3 atom stereocenters. The summed E-state index contributed by atoms with van der Waals surface area (Å²) >= 11 is 5.99. The lowest BCUT2D eigenvalue weighted by Gasteiger charge is -2.35. The van der Waals surface area contributed by atoms with Crippen LogP contribution in [0.2, 0.25) is 5.02 Å². The van der Waals surface area contributed by atoms with E-state index in [1.807, 2.05) is 0 Å². The van der Waals surface area contributed by atoms with Gasteiger partial charge in [0, 0.05) is 30.7 Å². The molecule has 2 heterocycles. The van der Waals surface area contributed by atoms with E-state index >= 15 is 0 Å². The van der Waals surface area contributed by atoms with Crippen molar-refractivity contribution in [2.75, 3.05) is 19.6 Å². The lowest BCUT2D eigenvalue weighted by molar-refractivity contribution is -0.144. The highest BCUT2D eigenvalue weighted by Crippen LogP contribution is 2.24. The number of carbonyl (C=O) groups is 2. The molecule has 2 saturated heterocycles. The molecule has 32 heavy (non-hydrogen) atoms. The highest BCUT2D eigenvalue weighted by molar-refractivity contribution is 7.89. The number of hydrogen-bond donors (Lipinski definition) is 2. The lowest BCUT2D eigenvalue weighted by Crippen LogP contribution is -2.54. The van der Waals surface area contributed by atoms with Gasteiger partial charge in [-0.3, -0.25) is 9.59 Å². The Hall–Kier alpha value is -2.20. The van der Waals surface area contributed by atoms with Crippen LogP contribution in [-0.2, 0) is 19.6 Å². The summed E-state index contributed by atoms with van der Waals surface area (Å²) in [7, 11) is -3.92. The number of hydrogen-bond acceptors (Lipinski definition) is 5. The molecule has 0 aromatic heterocycles. The van der Waals surface area contributed by atoms with E-state index < -0.39 is 22.1 Å². The van der Waals surface area contributed by atoms with Crippen molar-refractivity contribution in [1.29, 1.82) is 0 Å². The second-order valence-electron chi connectivity index (χ2n) is 8.51. The number of nitrogens with zero attached hydrogens (tertiary/aromatic N) is 2. The molecule has 2 aliphatic heterocycles. The first-order valence-electron chi connectivity index (χ1n) is 10.7. The molecule has 0 radical (unpaired) electrons. The molecule has 0 spiro atoms. The summed E-state index contributed by atoms with van der Waals surface area (Å²) < 4.78 is 28.4. The van der Waals surface area contributed by atoms with Crippen molar-refractivity contribution >= 4 is 44.2 Å². The number of rotatable bonds is 5. The molecule has 2 aromatic rings. The van der Waals surface area contributed by atoms with E-state index in [-0.39, 0.29) is 22.8 Å². The second-order valence-corrected chi connectivity index (χ2v) is 10.7. The molecule has 2 unspecified atom stereocenters. The van der Waals surface area contributed by atoms with Gasteiger partial charge in [-0.25, -0.2) is 8.42 Å². The summed E-state index contributed by atoms with van der Waals surface area (Å²) in [6, 6.07) is 8.31. The number of fused-ring (bicyclic) bond motifs is 1. The maximum Gasteiger partial charge on any atom is 0.245 e. The van der Waals surface area contributed by atoms with Crippen LogP contribution in [0.25, 0.3) is 10.8 Å². The van der Waals surface area contributed by atoms with Gasteiger partial charge >= 0.3 is 0 Å². The molecule has 0 saturated carbocycles.